The van der Waals surface area contributed by atoms with E-state index in [9.17, 15) is 0 Å². The van der Waals surface area contributed by atoms with Crippen LogP contribution in [0.2, 0.25) is 0 Å². The largest absolute Gasteiger partial charge is 0.456 e. The molecule has 0 spiro atoms. The highest BCUT2D eigenvalue weighted by atomic mass is 16.3. The summed E-state index contributed by atoms with van der Waals surface area (Å²) >= 11 is 0. The fraction of sp³-hybridized carbons (Fsp3) is 0.0444. The van der Waals surface area contributed by atoms with E-state index in [2.05, 4.69) is 115 Å². The minimum Gasteiger partial charge on any atom is -0.456 e. The van der Waals surface area contributed by atoms with Gasteiger partial charge in [-0.25, -0.2) is 15.0 Å². The third-order valence-corrected chi connectivity index (χ3v) is 9.87. The summed E-state index contributed by atoms with van der Waals surface area (Å²) in [5.74, 6) is 2.65. The fourth-order valence-corrected chi connectivity index (χ4v) is 7.49. The third kappa shape index (κ3) is 4.64. The summed E-state index contributed by atoms with van der Waals surface area (Å²) in [5.41, 5.74) is 9.31. The van der Waals surface area contributed by atoms with E-state index in [1.54, 1.807) is 0 Å². The van der Waals surface area contributed by atoms with Crippen molar-refractivity contribution >= 4 is 38.8 Å². The van der Waals surface area contributed by atoms with E-state index in [-0.39, 0.29) is 0 Å². The summed E-state index contributed by atoms with van der Waals surface area (Å²) in [4.78, 5) is 15.3. The van der Waals surface area contributed by atoms with Gasteiger partial charge in [0.2, 0.25) is 0 Å². The Morgan fingerprint density at radius 3 is 2.02 bits per heavy atom. The highest BCUT2D eigenvalue weighted by Crippen LogP contribution is 2.44. The van der Waals surface area contributed by atoms with Gasteiger partial charge < -0.3 is 4.42 Å². The maximum atomic E-state index is 6.54. The molecular weight excluding hydrogens is 599 g/mol. The van der Waals surface area contributed by atoms with Gasteiger partial charge in [0.15, 0.2) is 17.5 Å². The summed E-state index contributed by atoms with van der Waals surface area (Å²) in [6.07, 6.45) is 13.5. The monoisotopic (exact) mass is 627 g/mol. The molecule has 8 aromatic rings. The van der Waals surface area contributed by atoms with Crippen LogP contribution >= 0.6 is 0 Å². The van der Waals surface area contributed by atoms with Crippen molar-refractivity contribution in [3.05, 3.63) is 169 Å². The highest BCUT2D eigenvalue weighted by Gasteiger charge is 2.25. The minimum atomic E-state index is 0.371. The van der Waals surface area contributed by atoms with Crippen LogP contribution in [0.1, 0.15) is 17.0 Å². The van der Waals surface area contributed by atoms with E-state index < -0.39 is 0 Å². The molecule has 4 nitrogen and oxygen atoms in total. The molecule has 0 aliphatic heterocycles. The number of furan rings is 1. The van der Waals surface area contributed by atoms with Crippen LogP contribution in [0.3, 0.4) is 0 Å². The molecule has 6 aromatic carbocycles. The zero-order valence-electron chi connectivity index (χ0n) is 26.5. The molecule has 2 unspecified atom stereocenters. The molecule has 2 heterocycles. The maximum absolute atomic E-state index is 6.54. The molecule has 49 heavy (non-hydrogen) atoms. The van der Waals surface area contributed by atoms with Crippen molar-refractivity contribution in [1.82, 2.24) is 15.0 Å². The average molecular weight is 628 g/mol. The fourth-order valence-electron chi connectivity index (χ4n) is 7.49. The van der Waals surface area contributed by atoms with Crippen LogP contribution in [0, 0.1) is 5.92 Å². The lowest BCUT2D eigenvalue weighted by atomic mass is 9.76. The first-order chi connectivity index (χ1) is 24.3. The van der Waals surface area contributed by atoms with Gasteiger partial charge in [-0.3, -0.25) is 0 Å². The van der Waals surface area contributed by atoms with Crippen LogP contribution in [0.5, 0.6) is 0 Å². The van der Waals surface area contributed by atoms with Crippen molar-refractivity contribution in [2.45, 2.75) is 5.92 Å². The van der Waals surface area contributed by atoms with Crippen molar-refractivity contribution in [2.75, 3.05) is 0 Å². The molecule has 2 atom stereocenters. The maximum Gasteiger partial charge on any atom is 0.164 e. The van der Waals surface area contributed by atoms with Crippen LogP contribution in [-0.4, -0.2) is 15.0 Å². The van der Waals surface area contributed by atoms with E-state index in [4.69, 9.17) is 19.4 Å². The first-order valence-electron chi connectivity index (χ1n) is 16.7. The van der Waals surface area contributed by atoms with Crippen LogP contribution in [0.15, 0.2) is 162 Å². The first-order valence-corrected chi connectivity index (χ1v) is 16.7. The smallest absolute Gasteiger partial charge is 0.164 e. The van der Waals surface area contributed by atoms with Gasteiger partial charge >= 0.3 is 0 Å². The quantitative estimate of drug-likeness (QED) is 0.195. The zero-order chi connectivity index (χ0) is 32.3. The molecule has 4 heteroatoms. The molecule has 230 valence electrons. The minimum absolute atomic E-state index is 0.371. The Bertz CT molecular complexity index is 2680. The standard InChI is InChI=1S/C45H29N3O/c1-2-12-30(13-3-1)43-46-44(34-23-20-28-10-4-5-14-31(28)26-34)48-45(47-43)38-17-9-19-40-42(38)41-37(16-8-18-39(41)49-40)33-24-25-36-32(27-33)22-21-29-11-6-7-15-35(29)36/h1-27,29,35H. The molecule has 0 bridgehead atoms. The molecular formula is C45H29N3O. The van der Waals surface area contributed by atoms with Gasteiger partial charge in [-0.05, 0) is 57.3 Å². The second-order valence-electron chi connectivity index (χ2n) is 12.8. The normalized spacial score (nSPS) is 16.3. The molecule has 0 saturated carbocycles. The summed E-state index contributed by atoms with van der Waals surface area (Å²) in [7, 11) is 0. The molecule has 2 aromatic heterocycles. The number of aromatic nitrogens is 3. The van der Waals surface area contributed by atoms with Crippen molar-refractivity contribution in [3.8, 4) is 45.3 Å². The van der Waals surface area contributed by atoms with Gasteiger partial charge in [-0.1, -0.05) is 140 Å². The Labute approximate surface area is 283 Å². The van der Waals surface area contributed by atoms with Crippen molar-refractivity contribution in [1.29, 1.82) is 0 Å². The van der Waals surface area contributed by atoms with Gasteiger partial charge in [-0.2, -0.15) is 0 Å². The second-order valence-corrected chi connectivity index (χ2v) is 12.8. The number of fused-ring (bicyclic) bond motifs is 7. The number of nitrogens with zero attached hydrogens (tertiary/aromatic N) is 3. The van der Waals surface area contributed by atoms with E-state index >= 15 is 0 Å². The Balaban J connectivity index is 1.18. The van der Waals surface area contributed by atoms with Gasteiger partial charge in [0.1, 0.15) is 11.2 Å². The lowest BCUT2D eigenvalue weighted by Crippen LogP contribution is -2.13. The molecule has 0 saturated heterocycles. The number of hydrogen-bond acceptors (Lipinski definition) is 4. The predicted octanol–water partition coefficient (Wildman–Crippen LogP) is 11.4. The van der Waals surface area contributed by atoms with Gasteiger partial charge in [0.25, 0.3) is 0 Å². The van der Waals surface area contributed by atoms with Gasteiger partial charge in [0, 0.05) is 39.3 Å². The van der Waals surface area contributed by atoms with E-state index in [0.29, 0.717) is 29.3 Å². The summed E-state index contributed by atoms with van der Waals surface area (Å²) in [5, 5.41) is 4.37. The molecule has 10 rings (SSSR count). The van der Waals surface area contributed by atoms with Crippen molar-refractivity contribution in [2.24, 2.45) is 5.92 Å². The number of allylic oxidation sites excluding steroid dienone is 5. The molecule has 0 fully saturated rings. The van der Waals surface area contributed by atoms with Crippen LogP contribution < -0.4 is 0 Å². The van der Waals surface area contributed by atoms with E-state index in [1.165, 1.54) is 16.5 Å². The Hall–Kier alpha value is -6.39. The molecule has 2 aliphatic rings. The number of benzene rings is 6. The summed E-state index contributed by atoms with van der Waals surface area (Å²) in [6.45, 7) is 0. The molecule has 0 amide bonds. The van der Waals surface area contributed by atoms with Crippen molar-refractivity contribution in [3.63, 3.8) is 0 Å². The Morgan fingerprint density at radius 1 is 0.469 bits per heavy atom. The number of rotatable bonds is 4. The van der Waals surface area contributed by atoms with Gasteiger partial charge in [0.05, 0.1) is 0 Å². The Kier molecular flexibility index (Phi) is 6.28. The Morgan fingerprint density at radius 2 is 1.16 bits per heavy atom. The summed E-state index contributed by atoms with van der Waals surface area (Å²) in [6, 6.07) is 44.2. The highest BCUT2D eigenvalue weighted by molar-refractivity contribution is 6.17. The molecule has 0 radical (unpaired) electrons. The number of hydrogen-bond donors (Lipinski definition) is 0. The van der Waals surface area contributed by atoms with Crippen molar-refractivity contribution < 1.29 is 4.42 Å². The van der Waals surface area contributed by atoms with Crippen LogP contribution in [0.4, 0.5) is 0 Å². The topological polar surface area (TPSA) is 51.8 Å². The first kappa shape index (κ1) is 27.7. The van der Waals surface area contributed by atoms with Crippen LogP contribution in [-0.2, 0) is 0 Å². The van der Waals surface area contributed by atoms with Crippen LogP contribution in [0.25, 0.3) is 84.1 Å². The van der Waals surface area contributed by atoms with E-state index in [0.717, 1.165) is 55.1 Å². The van der Waals surface area contributed by atoms with Gasteiger partial charge in [-0.15, -0.1) is 0 Å². The summed E-state index contributed by atoms with van der Waals surface area (Å²) < 4.78 is 6.54. The third-order valence-electron chi connectivity index (χ3n) is 9.87. The average Bonchev–Trinajstić information content (AvgIpc) is 3.57. The SMILES string of the molecule is C1=CC2C=Cc3cc(-c4cccc5oc6cccc(-c7nc(-c8ccccc8)nc(-c8ccc9ccccc9c8)n7)c6c45)ccc3C2C=C1. The lowest BCUT2D eigenvalue weighted by molar-refractivity contribution is 0.669. The second kappa shape index (κ2) is 11.1. The van der Waals surface area contributed by atoms with E-state index in [1.807, 2.05) is 48.5 Å². The molecule has 0 N–H and O–H groups in total. The lowest BCUT2D eigenvalue weighted by Gasteiger charge is -2.27. The zero-order valence-corrected chi connectivity index (χ0v) is 26.5. The predicted molar refractivity (Wildman–Crippen MR) is 200 cm³/mol. The molecule has 2 aliphatic carbocycles.